The molecule has 0 amide bonds. The van der Waals surface area contributed by atoms with Gasteiger partial charge in [0.1, 0.15) is 5.78 Å². The monoisotopic (exact) mass is 258 g/mol. The van der Waals surface area contributed by atoms with Crippen LogP contribution in [0.2, 0.25) is 0 Å². The molecule has 0 aliphatic heterocycles. The highest BCUT2D eigenvalue weighted by Crippen LogP contribution is 2.27. The maximum atomic E-state index is 11.0. The smallest absolute Gasteiger partial charge is 0.134 e. The average Bonchev–Trinajstić information content (AvgIpc) is 2.08. The summed E-state index contributed by atoms with van der Waals surface area (Å²) >= 11 is 5.12. The van der Waals surface area contributed by atoms with Crippen molar-refractivity contribution in [1.82, 2.24) is 0 Å². The van der Waals surface area contributed by atoms with E-state index in [0.717, 1.165) is 10.0 Å². The number of benzene rings is 1. The number of halogens is 1. The Morgan fingerprint density at radius 3 is 2.77 bits per heavy atom. The molecule has 0 aliphatic carbocycles. The molecule has 0 saturated carbocycles. The normalized spacial score (nSPS) is 10.1. The predicted octanol–water partition coefficient (Wildman–Crippen LogP) is 3.30. The fourth-order valence-electron chi connectivity index (χ4n) is 1.15. The molecule has 70 valence electrons. The fraction of sp³-hybridized carbons (Fsp3) is 0.300. The molecule has 0 aliphatic rings. The highest BCUT2D eigenvalue weighted by Gasteiger charge is 2.07. The number of thioether (sulfide) groups is 1. The molecule has 0 saturated heterocycles. The van der Waals surface area contributed by atoms with Crippen LogP contribution in [0.5, 0.6) is 0 Å². The van der Waals surface area contributed by atoms with Crippen LogP contribution in [0, 0.1) is 0 Å². The number of Topliss-reactive ketones (excluding diaryl/α,β-unsaturated/α-hetero) is 1. The van der Waals surface area contributed by atoms with Crippen molar-refractivity contribution in [2.24, 2.45) is 0 Å². The van der Waals surface area contributed by atoms with Gasteiger partial charge in [-0.1, -0.05) is 22.0 Å². The molecular weight excluding hydrogens is 248 g/mol. The average molecular weight is 259 g/mol. The van der Waals surface area contributed by atoms with Gasteiger partial charge in [-0.3, -0.25) is 4.79 Å². The van der Waals surface area contributed by atoms with E-state index in [4.69, 9.17) is 0 Å². The summed E-state index contributed by atoms with van der Waals surface area (Å²) in [4.78, 5) is 12.2. The molecule has 0 unspecified atom stereocenters. The van der Waals surface area contributed by atoms with E-state index in [1.165, 1.54) is 4.90 Å². The third-order valence-electron chi connectivity index (χ3n) is 1.72. The van der Waals surface area contributed by atoms with Crippen molar-refractivity contribution in [3.8, 4) is 0 Å². The summed E-state index contributed by atoms with van der Waals surface area (Å²) in [6.07, 6.45) is 2.53. The zero-order chi connectivity index (χ0) is 9.84. The Hall–Kier alpha value is -0.280. The predicted molar refractivity (Wildman–Crippen MR) is 60.3 cm³/mol. The van der Waals surface area contributed by atoms with Crippen LogP contribution >= 0.6 is 27.7 Å². The number of rotatable bonds is 3. The first kappa shape index (κ1) is 10.8. The quantitative estimate of drug-likeness (QED) is 0.775. The lowest BCUT2D eigenvalue weighted by atomic mass is 10.1. The van der Waals surface area contributed by atoms with Crippen molar-refractivity contribution in [3.05, 3.63) is 28.2 Å². The highest BCUT2D eigenvalue weighted by molar-refractivity contribution is 9.10. The SMILES string of the molecule is CSc1cccc(Br)c1CC(C)=O. The maximum absolute atomic E-state index is 11.0. The molecule has 1 aromatic carbocycles. The number of ketones is 1. The van der Waals surface area contributed by atoms with Crippen LogP contribution in [-0.2, 0) is 11.2 Å². The molecule has 0 fully saturated rings. The van der Waals surface area contributed by atoms with E-state index < -0.39 is 0 Å². The number of hydrogen-bond acceptors (Lipinski definition) is 2. The van der Waals surface area contributed by atoms with Crippen molar-refractivity contribution < 1.29 is 4.79 Å². The summed E-state index contributed by atoms with van der Waals surface area (Å²) in [5, 5.41) is 0. The molecule has 0 bridgehead atoms. The molecular formula is C10H11BrOS. The van der Waals surface area contributed by atoms with E-state index in [0.29, 0.717) is 6.42 Å². The third-order valence-corrected chi connectivity index (χ3v) is 3.29. The number of hydrogen-bond donors (Lipinski definition) is 0. The van der Waals surface area contributed by atoms with Crippen LogP contribution in [0.25, 0.3) is 0 Å². The molecule has 3 heteroatoms. The van der Waals surface area contributed by atoms with Gasteiger partial charge in [0.15, 0.2) is 0 Å². The molecule has 0 radical (unpaired) electrons. The third kappa shape index (κ3) is 2.85. The van der Waals surface area contributed by atoms with E-state index in [1.54, 1.807) is 18.7 Å². The van der Waals surface area contributed by atoms with E-state index in [-0.39, 0.29) is 5.78 Å². The summed E-state index contributed by atoms with van der Waals surface area (Å²) in [7, 11) is 0. The molecule has 0 N–H and O–H groups in total. The van der Waals surface area contributed by atoms with Gasteiger partial charge in [-0.2, -0.15) is 0 Å². The lowest BCUT2D eigenvalue weighted by Crippen LogP contribution is -1.98. The zero-order valence-electron chi connectivity index (χ0n) is 7.63. The van der Waals surface area contributed by atoms with Crippen molar-refractivity contribution in [2.75, 3.05) is 6.26 Å². The van der Waals surface area contributed by atoms with Gasteiger partial charge in [-0.15, -0.1) is 11.8 Å². The van der Waals surface area contributed by atoms with E-state index in [9.17, 15) is 4.79 Å². The Bertz CT molecular complexity index is 323. The van der Waals surface area contributed by atoms with E-state index in [1.807, 2.05) is 24.5 Å². The van der Waals surface area contributed by atoms with Gasteiger partial charge in [0.05, 0.1) is 0 Å². The number of carbonyl (C=O) groups excluding carboxylic acids is 1. The second-order valence-corrected chi connectivity index (χ2v) is 4.50. The standard InChI is InChI=1S/C10H11BrOS/c1-7(12)6-8-9(11)4-3-5-10(8)13-2/h3-5H,6H2,1-2H3. The summed E-state index contributed by atoms with van der Waals surface area (Å²) in [6, 6.07) is 5.99. The molecule has 1 aromatic rings. The maximum Gasteiger partial charge on any atom is 0.134 e. The summed E-state index contributed by atoms with van der Waals surface area (Å²) in [6.45, 7) is 1.61. The Kier molecular flexibility index (Phi) is 4.00. The van der Waals surface area contributed by atoms with Crippen molar-refractivity contribution in [3.63, 3.8) is 0 Å². The molecule has 0 heterocycles. The van der Waals surface area contributed by atoms with Crippen molar-refractivity contribution in [2.45, 2.75) is 18.2 Å². The Morgan fingerprint density at radius 1 is 1.54 bits per heavy atom. The molecule has 0 spiro atoms. The summed E-state index contributed by atoms with van der Waals surface area (Å²) < 4.78 is 1.02. The Balaban J connectivity index is 3.07. The minimum atomic E-state index is 0.196. The second-order valence-electron chi connectivity index (χ2n) is 2.80. The summed E-state index contributed by atoms with van der Waals surface area (Å²) in [5.41, 5.74) is 1.10. The molecule has 1 nitrogen and oxygen atoms in total. The number of carbonyl (C=O) groups is 1. The first-order chi connectivity index (χ1) is 6.15. The largest absolute Gasteiger partial charge is 0.300 e. The second kappa shape index (κ2) is 4.82. The fourth-order valence-corrected chi connectivity index (χ4v) is 2.43. The topological polar surface area (TPSA) is 17.1 Å². The minimum Gasteiger partial charge on any atom is -0.300 e. The first-order valence-corrected chi connectivity index (χ1v) is 5.97. The molecule has 0 aromatic heterocycles. The lowest BCUT2D eigenvalue weighted by molar-refractivity contribution is -0.116. The van der Waals surface area contributed by atoms with Crippen LogP contribution in [0.1, 0.15) is 12.5 Å². The van der Waals surface area contributed by atoms with Crippen LogP contribution in [0.4, 0.5) is 0 Å². The van der Waals surface area contributed by atoms with Crippen LogP contribution in [0.3, 0.4) is 0 Å². The van der Waals surface area contributed by atoms with Crippen molar-refractivity contribution in [1.29, 1.82) is 0 Å². The van der Waals surface area contributed by atoms with Crippen molar-refractivity contribution >= 4 is 33.5 Å². The van der Waals surface area contributed by atoms with Gasteiger partial charge in [-0.25, -0.2) is 0 Å². The van der Waals surface area contributed by atoms with E-state index >= 15 is 0 Å². The van der Waals surface area contributed by atoms with Gasteiger partial charge in [0.25, 0.3) is 0 Å². The molecule has 13 heavy (non-hydrogen) atoms. The Morgan fingerprint density at radius 2 is 2.23 bits per heavy atom. The van der Waals surface area contributed by atoms with Gasteiger partial charge < -0.3 is 0 Å². The molecule has 0 atom stereocenters. The lowest BCUT2D eigenvalue weighted by Gasteiger charge is -2.07. The van der Waals surface area contributed by atoms with Crippen LogP contribution in [-0.4, -0.2) is 12.0 Å². The highest BCUT2D eigenvalue weighted by atomic mass is 79.9. The minimum absolute atomic E-state index is 0.196. The van der Waals surface area contributed by atoms with Gasteiger partial charge >= 0.3 is 0 Å². The van der Waals surface area contributed by atoms with Crippen LogP contribution in [0.15, 0.2) is 27.6 Å². The van der Waals surface area contributed by atoms with Crippen LogP contribution < -0.4 is 0 Å². The molecule has 1 rings (SSSR count). The van der Waals surface area contributed by atoms with Gasteiger partial charge in [0, 0.05) is 15.8 Å². The Labute approximate surface area is 91.0 Å². The van der Waals surface area contributed by atoms with Gasteiger partial charge in [-0.05, 0) is 30.9 Å². The van der Waals surface area contributed by atoms with Gasteiger partial charge in [0.2, 0.25) is 0 Å². The summed E-state index contributed by atoms with van der Waals surface area (Å²) in [5.74, 6) is 0.196. The zero-order valence-corrected chi connectivity index (χ0v) is 10.0. The first-order valence-electron chi connectivity index (χ1n) is 3.96. The van der Waals surface area contributed by atoms with E-state index in [2.05, 4.69) is 15.9 Å².